The Morgan fingerprint density at radius 1 is 0.923 bits per heavy atom. The van der Waals surface area contributed by atoms with Crippen LogP contribution < -0.4 is 0 Å². The van der Waals surface area contributed by atoms with Crippen molar-refractivity contribution in [3.8, 4) is 0 Å². The molecule has 0 nitrogen and oxygen atoms in total. The second-order valence-electron chi connectivity index (χ2n) is 3.68. The largest absolute Gasteiger partial charge is 0.0843 e. The van der Waals surface area contributed by atoms with Crippen molar-refractivity contribution in [3.63, 3.8) is 0 Å². The van der Waals surface area contributed by atoms with Crippen molar-refractivity contribution in [3.05, 3.63) is 33.8 Å². The Morgan fingerprint density at radius 2 is 1.46 bits per heavy atom. The van der Waals surface area contributed by atoms with E-state index in [-0.39, 0.29) is 0 Å². The number of rotatable bonds is 1. The average Bonchev–Trinajstić information content (AvgIpc) is 2.53. The highest BCUT2D eigenvalue weighted by Crippen LogP contribution is 2.36. The summed E-state index contributed by atoms with van der Waals surface area (Å²) in [7, 11) is 0. The van der Waals surface area contributed by atoms with Crippen molar-refractivity contribution in [1.82, 2.24) is 0 Å². The van der Waals surface area contributed by atoms with Crippen molar-refractivity contribution in [2.45, 2.75) is 31.6 Å². The summed E-state index contributed by atoms with van der Waals surface area (Å²) in [5.74, 6) is 0.691. The molecule has 0 aliphatic heterocycles. The van der Waals surface area contributed by atoms with E-state index >= 15 is 0 Å². The third-order valence-electron chi connectivity index (χ3n) is 2.71. The van der Waals surface area contributed by atoms with Gasteiger partial charge in [0.05, 0.1) is 0 Å². The van der Waals surface area contributed by atoms with E-state index in [0.29, 0.717) is 5.92 Å². The Morgan fingerprint density at radius 3 is 2.00 bits per heavy atom. The topological polar surface area (TPSA) is 0 Å². The highest BCUT2D eigenvalue weighted by atomic mass is 35.5. The van der Waals surface area contributed by atoms with E-state index in [9.17, 15) is 0 Å². The van der Waals surface area contributed by atoms with Crippen LogP contribution in [0.3, 0.4) is 0 Å². The summed E-state index contributed by atoms with van der Waals surface area (Å²) in [5.41, 5.74) is 1.31. The quantitative estimate of drug-likeness (QED) is 0.639. The molecule has 70 valence electrons. The first-order valence-corrected chi connectivity index (χ1v) is 5.47. The first-order valence-electron chi connectivity index (χ1n) is 4.72. The van der Waals surface area contributed by atoms with E-state index in [1.165, 1.54) is 31.2 Å². The number of hydrogen-bond donors (Lipinski definition) is 0. The molecule has 0 heterocycles. The number of benzene rings is 1. The van der Waals surface area contributed by atoms with Gasteiger partial charge in [0.2, 0.25) is 0 Å². The molecule has 0 N–H and O–H groups in total. The van der Waals surface area contributed by atoms with E-state index in [2.05, 4.69) is 0 Å². The molecular formula is C11H12Cl2. The zero-order valence-corrected chi connectivity index (χ0v) is 8.91. The van der Waals surface area contributed by atoms with Crippen molar-refractivity contribution in [2.75, 3.05) is 0 Å². The molecule has 1 fully saturated rings. The Bertz CT molecular complexity index is 281. The first-order chi connectivity index (χ1) is 6.25. The normalized spacial score (nSPS) is 18.0. The third kappa shape index (κ3) is 2.18. The van der Waals surface area contributed by atoms with Gasteiger partial charge in [-0.05, 0) is 42.5 Å². The van der Waals surface area contributed by atoms with E-state index in [0.717, 1.165) is 10.0 Å². The van der Waals surface area contributed by atoms with Gasteiger partial charge in [0.1, 0.15) is 0 Å². The summed E-state index contributed by atoms with van der Waals surface area (Å²) in [6.07, 6.45) is 5.26. The van der Waals surface area contributed by atoms with Crippen LogP contribution in [0.4, 0.5) is 0 Å². The molecule has 1 aromatic carbocycles. The van der Waals surface area contributed by atoms with Gasteiger partial charge < -0.3 is 0 Å². The maximum Gasteiger partial charge on any atom is 0.0423 e. The van der Waals surface area contributed by atoms with Crippen LogP contribution in [-0.2, 0) is 0 Å². The molecule has 0 atom stereocenters. The highest BCUT2D eigenvalue weighted by Gasteiger charge is 2.17. The SMILES string of the molecule is Clc1cc(Cl)cc(C2CCCC2)c1. The third-order valence-corrected chi connectivity index (χ3v) is 3.15. The van der Waals surface area contributed by atoms with Crippen LogP contribution in [0.5, 0.6) is 0 Å². The van der Waals surface area contributed by atoms with Gasteiger partial charge in [-0.25, -0.2) is 0 Å². The van der Waals surface area contributed by atoms with Gasteiger partial charge >= 0.3 is 0 Å². The lowest BCUT2D eigenvalue weighted by atomic mass is 9.98. The minimum atomic E-state index is 0.691. The summed E-state index contributed by atoms with van der Waals surface area (Å²) in [6, 6.07) is 5.88. The minimum Gasteiger partial charge on any atom is -0.0843 e. The second kappa shape index (κ2) is 3.89. The smallest absolute Gasteiger partial charge is 0.0423 e. The van der Waals surface area contributed by atoms with Gasteiger partial charge in [0, 0.05) is 10.0 Å². The Hall–Kier alpha value is -0.200. The molecule has 1 aliphatic carbocycles. The summed E-state index contributed by atoms with van der Waals surface area (Å²) < 4.78 is 0. The Kier molecular flexibility index (Phi) is 2.80. The minimum absolute atomic E-state index is 0.691. The molecule has 1 aliphatic rings. The molecule has 2 rings (SSSR count). The maximum absolute atomic E-state index is 5.94. The van der Waals surface area contributed by atoms with Crippen molar-refractivity contribution in [2.24, 2.45) is 0 Å². The molecule has 2 heteroatoms. The molecule has 0 unspecified atom stereocenters. The van der Waals surface area contributed by atoms with Gasteiger partial charge in [-0.2, -0.15) is 0 Å². The lowest BCUT2D eigenvalue weighted by Crippen LogP contribution is -1.91. The Balaban J connectivity index is 2.28. The van der Waals surface area contributed by atoms with Crippen LogP contribution in [0.15, 0.2) is 18.2 Å². The van der Waals surface area contributed by atoms with Crippen LogP contribution in [0.25, 0.3) is 0 Å². The predicted molar refractivity (Wildman–Crippen MR) is 57.7 cm³/mol. The highest BCUT2D eigenvalue weighted by molar-refractivity contribution is 6.34. The molecule has 1 saturated carbocycles. The van der Waals surface area contributed by atoms with Crippen molar-refractivity contribution >= 4 is 23.2 Å². The summed E-state index contributed by atoms with van der Waals surface area (Å²) in [5, 5.41) is 1.52. The monoisotopic (exact) mass is 214 g/mol. The molecular weight excluding hydrogens is 203 g/mol. The molecule has 0 bridgehead atoms. The lowest BCUT2D eigenvalue weighted by molar-refractivity contribution is 0.723. The van der Waals surface area contributed by atoms with E-state index in [1.54, 1.807) is 6.07 Å². The number of hydrogen-bond acceptors (Lipinski definition) is 0. The molecule has 0 aromatic heterocycles. The van der Waals surface area contributed by atoms with Gasteiger partial charge in [-0.3, -0.25) is 0 Å². The Labute approximate surface area is 88.9 Å². The molecule has 0 amide bonds. The van der Waals surface area contributed by atoms with Gasteiger partial charge in [-0.15, -0.1) is 0 Å². The zero-order valence-electron chi connectivity index (χ0n) is 7.39. The van der Waals surface area contributed by atoms with Gasteiger partial charge in [0.15, 0.2) is 0 Å². The fourth-order valence-corrected chi connectivity index (χ4v) is 2.61. The van der Waals surface area contributed by atoms with Gasteiger partial charge in [-0.1, -0.05) is 36.0 Å². The van der Waals surface area contributed by atoms with Crippen molar-refractivity contribution < 1.29 is 0 Å². The standard InChI is InChI=1S/C11H12Cl2/c12-10-5-9(6-11(13)7-10)8-3-1-2-4-8/h5-8H,1-4H2. The second-order valence-corrected chi connectivity index (χ2v) is 4.56. The zero-order chi connectivity index (χ0) is 9.26. The average molecular weight is 215 g/mol. The van der Waals surface area contributed by atoms with E-state index in [4.69, 9.17) is 23.2 Å². The van der Waals surface area contributed by atoms with Crippen molar-refractivity contribution in [1.29, 1.82) is 0 Å². The molecule has 0 saturated heterocycles. The first kappa shape index (κ1) is 9.36. The summed E-state index contributed by atoms with van der Waals surface area (Å²) in [6.45, 7) is 0. The summed E-state index contributed by atoms with van der Waals surface area (Å²) in [4.78, 5) is 0. The van der Waals surface area contributed by atoms with E-state index in [1.807, 2.05) is 12.1 Å². The lowest BCUT2D eigenvalue weighted by Gasteiger charge is -2.09. The van der Waals surface area contributed by atoms with E-state index < -0.39 is 0 Å². The predicted octanol–water partition coefficient (Wildman–Crippen LogP) is 4.65. The summed E-state index contributed by atoms with van der Waals surface area (Å²) >= 11 is 11.9. The molecule has 0 spiro atoms. The van der Waals surface area contributed by atoms with Crippen LogP contribution in [0.2, 0.25) is 10.0 Å². The van der Waals surface area contributed by atoms with Crippen LogP contribution >= 0.6 is 23.2 Å². The van der Waals surface area contributed by atoms with Crippen LogP contribution in [-0.4, -0.2) is 0 Å². The van der Waals surface area contributed by atoms with Gasteiger partial charge in [0.25, 0.3) is 0 Å². The fourth-order valence-electron chi connectivity index (χ4n) is 2.07. The molecule has 1 aromatic rings. The maximum atomic E-state index is 5.94. The van der Waals surface area contributed by atoms with Crippen LogP contribution in [0.1, 0.15) is 37.2 Å². The fraction of sp³-hybridized carbons (Fsp3) is 0.455. The molecule has 0 radical (unpaired) electrons. The molecule has 13 heavy (non-hydrogen) atoms. The number of halogens is 2. The van der Waals surface area contributed by atoms with Crippen LogP contribution in [0, 0.1) is 0 Å².